The van der Waals surface area contributed by atoms with E-state index in [4.69, 9.17) is 0 Å². The number of benzene rings is 1. The molecule has 124 valence electrons. The Morgan fingerprint density at radius 1 is 1.28 bits per heavy atom. The second kappa shape index (κ2) is 6.58. The molecule has 1 aromatic carbocycles. The normalized spacial score (nSPS) is 14.3. The molecule has 0 spiro atoms. The minimum atomic E-state index is -0.142. The largest absolute Gasteiger partial charge is 0.305 e. The predicted octanol–water partition coefficient (Wildman–Crippen LogP) is 4.69. The Morgan fingerprint density at radius 3 is 2.80 bits per heavy atom. The van der Waals surface area contributed by atoms with E-state index >= 15 is 0 Å². The molecule has 0 saturated heterocycles. The zero-order chi connectivity index (χ0) is 17.4. The lowest BCUT2D eigenvalue weighted by Crippen LogP contribution is -2.12. The van der Waals surface area contributed by atoms with Crippen LogP contribution in [0, 0.1) is 11.3 Å². The fourth-order valence-electron chi connectivity index (χ4n) is 3.17. The first kappa shape index (κ1) is 16.2. The van der Waals surface area contributed by atoms with Crippen molar-refractivity contribution in [2.75, 3.05) is 0 Å². The molecule has 3 aromatic rings. The Morgan fingerprint density at radius 2 is 2.04 bits per heavy atom. The number of nitriles is 1. The second-order valence-corrected chi connectivity index (χ2v) is 8.03. The molecule has 0 radical (unpaired) electrons. The molecule has 1 aliphatic rings. The number of aryl methyl sites for hydroxylation is 2. The maximum atomic E-state index is 12.6. The number of nitrogens with zero attached hydrogens (tertiary/aromatic N) is 2. The summed E-state index contributed by atoms with van der Waals surface area (Å²) in [6, 6.07) is 9.79. The van der Waals surface area contributed by atoms with Crippen molar-refractivity contribution in [3.05, 3.63) is 60.9 Å². The van der Waals surface area contributed by atoms with Crippen LogP contribution >= 0.6 is 27.3 Å². The van der Waals surface area contributed by atoms with Crippen molar-refractivity contribution in [1.29, 1.82) is 5.26 Å². The lowest BCUT2D eigenvalue weighted by Gasteiger charge is -2.09. The van der Waals surface area contributed by atoms with E-state index in [0.717, 1.165) is 46.1 Å². The van der Waals surface area contributed by atoms with Crippen molar-refractivity contribution in [3.63, 3.8) is 0 Å². The highest BCUT2D eigenvalue weighted by Gasteiger charge is 2.20. The minimum Gasteiger partial charge on any atom is -0.305 e. The highest BCUT2D eigenvalue weighted by molar-refractivity contribution is 9.10. The number of H-pyrrole nitrogens is 1. The molecule has 4 nitrogen and oxygen atoms in total. The Bertz CT molecular complexity index is 1090. The molecule has 2 aromatic heterocycles. The smallest absolute Gasteiger partial charge is 0.260 e. The summed E-state index contributed by atoms with van der Waals surface area (Å²) in [5.41, 5.74) is 2.25. The van der Waals surface area contributed by atoms with Crippen LogP contribution in [0.1, 0.15) is 34.7 Å². The van der Waals surface area contributed by atoms with Crippen LogP contribution in [0.2, 0.25) is 0 Å². The van der Waals surface area contributed by atoms with Gasteiger partial charge in [-0.1, -0.05) is 28.1 Å². The van der Waals surface area contributed by atoms with Crippen molar-refractivity contribution in [1.82, 2.24) is 9.97 Å². The standard InChI is InChI=1S/C19H14BrN3OS/c20-13-7-5-11(6-8-13)9-12(10-21)17-22-18(24)16-14-3-1-2-4-15(14)25-19(16)23-17/h5-9H,1-4H2,(H,22,23,24)/b12-9+. The Kier molecular flexibility index (Phi) is 4.28. The number of hydrogen-bond acceptors (Lipinski definition) is 4. The van der Waals surface area contributed by atoms with Gasteiger partial charge in [0.05, 0.1) is 11.0 Å². The first-order chi connectivity index (χ1) is 12.2. The molecule has 1 aliphatic carbocycles. The van der Waals surface area contributed by atoms with Crippen molar-refractivity contribution < 1.29 is 0 Å². The van der Waals surface area contributed by atoms with Gasteiger partial charge in [0.2, 0.25) is 0 Å². The molecule has 25 heavy (non-hydrogen) atoms. The number of aromatic nitrogens is 2. The van der Waals surface area contributed by atoms with E-state index in [0.29, 0.717) is 16.8 Å². The molecule has 0 aliphatic heterocycles. The zero-order valence-electron chi connectivity index (χ0n) is 13.3. The van der Waals surface area contributed by atoms with E-state index < -0.39 is 0 Å². The Labute approximate surface area is 157 Å². The summed E-state index contributed by atoms with van der Waals surface area (Å²) in [6.07, 6.45) is 5.98. The predicted molar refractivity (Wildman–Crippen MR) is 105 cm³/mol. The monoisotopic (exact) mass is 411 g/mol. The molecule has 1 N–H and O–H groups in total. The molecule has 2 heterocycles. The third kappa shape index (κ3) is 3.06. The van der Waals surface area contributed by atoms with Gasteiger partial charge < -0.3 is 4.98 Å². The van der Waals surface area contributed by atoms with E-state index in [1.54, 1.807) is 17.4 Å². The fourth-order valence-corrected chi connectivity index (χ4v) is 4.70. The van der Waals surface area contributed by atoms with Crippen LogP contribution in [-0.4, -0.2) is 9.97 Å². The molecule has 0 atom stereocenters. The van der Waals surface area contributed by atoms with Crippen LogP contribution in [0.25, 0.3) is 21.9 Å². The molecular formula is C19H14BrN3OS. The number of rotatable bonds is 2. The average molecular weight is 412 g/mol. The number of thiophene rings is 1. The molecule has 0 fully saturated rings. The number of hydrogen-bond donors (Lipinski definition) is 1. The molecule has 0 bridgehead atoms. The highest BCUT2D eigenvalue weighted by atomic mass is 79.9. The van der Waals surface area contributed by atoms with Gasteiger partial charge in [-0.25, -0.2) is 4.98 Å². The maximum absolute atomic E-state index is 12.6. The summed E-state index contributed by atoms with van der Waals surface area (Å²) < 4.78 is 0.972. The van der Waals surface area contributed by atoms with Crippen LogP contribution in [-0.2, 0) is 12.8 Å². The van der Waals surface area contributed by atoms with Gasteiger partial charge in [0.15, 0.2) is 5.82 Å². The fraction of sp³-hybridized carbons (Fsp3) is 0.211. The average Bonchev–Trinajstić information content (AvgIpc) is 3.00. The van der Waals surface area contributed by atoms with Crippen LogP contribution < -0.4 is 5.56 Å². The van der Waals surface area contributed by atoms with Crippen molar-refractivity contribution in [3.8, 4) is 6.07 Å². The minimum absolute atomic E-state index is 0.142. The van der Waals surface area contributed by atoms with E-state index in [2.05, 4.69) is 32.0 Å². The molecule has 0 saturated carbocycles. The van der Waals surface area contributed by atoms with Crippen molar-refractivity contribution in [2.45, 2.75) is 25.7 Å². The number of nitrogens with one attached hydrogen (secondary N) is 1. The van der Waals surface area contributed by atoms with Gasteiger partial charge in [0.25, 0.3) is 5.56 Å². The second-order valence-electron chi connectivity index (χ2n) is 6.03. The van der Waals surface area contributed by atoms with Crippen LogP contribution in [0.3, 0.4) is 0 Å². The SMILES string of the molecule is N#C/C(=C\c1ccc(Br)cc1)c1nc2sc3c(c2c(=O)[nH]1)CCCC3. The van der Waals surface area contributed by atoms with Crippen LogP contribution in [0.15, 0.2) is 33.5 Å². The van der Waals surface area contributed by atoms with Crippen molar-refractivity contribution >= 4 is 49.1 Å². The van der Waals surface area contributed by atoms with Crippen LogP contribution in [0.5, 0.6) is 0 Å². The summed E-state index contributed by atoms with van der Waals surface area (Å²) in [7, 11) is 0. The van der Waals surface area contributed by atoms with E-state index in [1.807, 2.05) is 24.3 Å². The number of fused-ring (bicyclic) bond motifs is 3. The van der Waals surface area contributed by atoms with E-state index in [1.165, 1.54) is 4.88 Å². The Hall–Kier alpha value is -2.23. The molecule has 4 rings (SSSR count). The molecule has 0 unspecified atom stereocenters. The topological polar surface area (TPSA) is 69.5 Å². The van der Waals surface area contributed by atoms with Gasteiger partial charge in [-0.05, 0) is 55.0 Å². The number of allylic oxidation sites excluding steroid dienone is 1. The van der Waals surface area contributed by atoms with Gasteiger partial charge in [0, 0.05) is 9.35 Å². The Balaban J connectivity index is 1.84. The molecular weight excluding hydrogens is 398 g/mol. The summed E-state index contributed by atoms with van der Waals surface area (Å²) >= 11 is 4.98. The van der Waals surface area contributed by atoms with E-state index in [9.17, 15) is 10.1 Å². The number of aromatic amines is 1. The van der Waals surface area contributed by atoms with Crippen molar-refractivity contribution in [2.24, 2.45) is 0 Å². The first-order valence-corrected chi connectivity index (χ1v) is 9.69. The first-order valence-electron chi connectivity index (χ1n) is 8.08. The van der Waals surface area contributed by atoms with Gasteiger partial charge in [-0.3, -0.25) is 4.79 Å². The number of halogens is 1. The zero-order valence-corrected chi connectivity index (χ0v) is 15.7. The summed E-state index contributed by atoms with van der Waals surface area (Å²) in [6.45, 7) is 0. The lowest BCUT2D eigenvalue weighted by atomic mass is 9.97. The lowest BCUT2D eigenvalue weighted by molar-refractivity contribution is 0.700. The van der Waals surface area contributed by atoms with Crippen LogP contribution in [0.4, 0.5) is 0 Å². The highest BCUT2D eigenvalue weighted by Crippen LogP contribution is 2.33. The maximum Gasteiger partial charge on any atom is 0.260 e. The quantitative estimate of drug-likeness (QED) is 0.621. The third-order valence-corrected chi connectivity index (χ3v) is 6.10. The molecule has 0 amide bonds. The van der Waals surface area contributed by atoms with Gasteiger partial charge in [-0.2, -0.15) is 5.26 Å². The third-order valence-electron chi connectivity index (χ3n) is 4.38. The summed E-state index contributed by atoms with van der Waals surface area (Å²) in [4.78, 5) is 22.0. The molecule has 6 heteroatoms. The van der Waals surface area contributed by atoms with Gasteiger partial charge in [-0.15, -0.1) is 11.3 Å². The van der Waals surface area contributed by atoms with Gasteiger partial charge in [0.1, 0.15) is 10.9 Å². The summed E-state index contributed by atoms with van der Waals surface area (Å²) in [5.74, 6) is 0.335. The summed E-state index contributed by atoms with van der Waals surface area (Å²) in [5, 5.41) is 10.2. The van der Waals surface area contributed by atoms with Gasteiger partial charge >= 0.3 is 0 Å². The van der Waals surface area contributed by atoms with E-state index in [-0.39, 0.29) is 5.56 Å².